The molecule has 0 aliphatic carbocycles. The van der Waals surface area contributed by atoms with E-state index in [1.54, 1.807) is 14.2 Å². The van der Waals surface area contributed by atoms with E-state index in [0.717, 1.165) is 50.1 Å². The van der Waals surface area contributed by atoms with Crippen molar-refractivity contribution in [2.24, 2.45) is 4.99 Å². The average Bonchev–Trinajstić information content (AvgIpc) is 3.17. The second-order valence-electron chi connectivity index (χ2n) is 6.77. The van der Waals surface area contributed by atoms with E-state index < -0.39 is 0 Å². The molecule has 1 unspecified atom stereocenters. The number of rotatable bonds is 7. The number of benzene rings is 1. The molecule has 8 heteroatoms. The Hall–Kier alpha value is -1.36. The number of halogens is 1. The average molecular weight is 530 g/mol. The van der Waals surface area contributed by atoms with Crippen molar-refractivity contribution in [3.8, 4) is 5.75 Å². The summed E-state index contributed by atoms with van der Waals surface area (Å²) in [5.41, 5.74) is 1.15. The Morgan fingerprint density at radius 2 is 2.03 bits per heavy atom. The Morgan fingerprint density at radius 1 is 1.24 bits per heavy atom. The summed E-state index contributed by atoms with van der Waals surface area (Å²) in [7, 11) is 3.49. The second-order valence-corrected chi connectivity index (χ2v) is 8.09. The van der Waals surface area contributed by atoms with Crippen LogP contribution in [0.4, 0.5) is 0 Å². The van der Waals surface area contributed by atoms with Gasteiger partial charge in [-0.25, -0.2) is 0 Å². The summed E-state index contributed by atoms with van der Waals surface area (Å²) in [6, 6.07) is 12.8. The van der Waals surface area contributed by atoms with Crippen LogP contribution >= 0.6 is 35.3 Å². The lowest BCUT2D eigenvalue weighted by Gasteiger charge is -2.34. The molecule has 0 saturated carbocycles. The Morgan fingerprint density at radius 3 is 2.69 bits per heavy atom. The smallest absolute Gasteiger partial charge is 0.191 e. The van der Waals surface area contributed by atoms with Gasteiger partial charge in [0.25, 0.3) is 0 Å². The van der Waals surface area contributed by atoms with Crippen LogP contribution in [0.2, 0.25) is 0 Å². The SMILES string of the molecule is CN=C(NCc1cccc(OC)c1)NCC(c1ccc(C)s1)N1CCOCC1.I. The predicted molar refractivity (Wildman–Crippen MR) is 131 cm³/mol. The molecule has 160 valence electrons. The van der Waals surface area contributed by atoms with Crippen molar-refractivity contribution in [1.82, 2.24) is 15.5 Å². The maximum absolute atomic E-state index is 5.54. The van der Waals surface area contributed by atoms with Crippen LogP contribution in [0.25, 0.3) is 0 Å². The molecule has 0 spiro atoms. The summed E-state index contributed by atoms with van der Waals surface area (Å²) in [5.74, 6) is 1.66. The number of aryl methyl sites for hydroxylation is 1. The Kier molecular flexibility index (Phi) is 10.2. The quantitative estimate of drug-likeness (QED) is 0.327. The molecule has 29 heavy (non-hydrogen) atoms. The van der Waals surface area contributed by atoms with E-state index in [-0.39, 0.29) is 24.0 Å². The van der Waals surface area contributed by atoms with Crippen molar-refractivity contribution in [2.45, 2.75) is 19.5 Å². The molecule has 1 fully saturated rings. The standard InChI is InChI=1S/C21H30N4O2S.HI/c1-16-7-8-20(28-16)19(25-9-11-27-12-10-25)15-24-21(22-2)23-14-17-5-4-6-18(13-17)26-3;/h4-8,13,19H,9-12,14-15H2,1-3H3,(H2,22,23,24);1H. The molecule has 1 aliphatic heterocycles. The van der Waals surface area contributed by atoms with E-state index in [9.17, 15) is 0 Å². The number of aliphatic imine (C=N–C) groups is 1. The number of nitrogens with one attached hydrogen (secondary N) is 2. The predicted octanol–water partition coefficient (Wildman–Crippen LogP) is 3.42. The molecule has 0 radical (unpaired) electrons. The number of morpholine rings is 1. The lowest BCUT2D eigenvalue weighted by molar-refractivity contribution is 0.0177. The molecular weight excluding hydrogens is 499 g/mol. The monoisotopic (exact) mass is 530 g/mol. The third-order valence-corrected chi connectivity index (χ3v) is 5.96. The lowest BCUT2D eigenvalue weighted by atomic mass is 10.2. The third-order valence-electron chi connectivity index (χ3n) is 4.86. The topological polar surface area (TPSA) is 58.1 Å². The van der Waals surface area contributed by atoms with Crippen molar-refractivity contribution < 1.29 is 9.47 Å². The minimum Gasteiger partial charge on any atom is -0.497 e. The minimum absolute atomic E-state index is 0. The molecule has 1 aromatic carbocycles. The van der Waals surface area contributed by atoms with Crippen LogP contribution in [0.3, 0.4) is 0 Å². The van der Waals surface area contributed by atoms with Gasteiger partial charge in [0.05, 0.1) is 26.4 Å². The van der Waals surface area contributed by atoms with Crippen molar-refractivity contribution in [3.05, 3.63) is 51.7 Å². The molecule has 0 bridgehead atoms. The maximum atomic E-state index is 5.54. The number of ether oxygens (including phenoxy) is 2. The van der Waals surface area contributed by atoms with E-state index in [1.807, 2.05) is 29.5 Å². The first-order chi connectivity index (χ1) is 13.7. The molecule has 2 aromatic rings. The number of hydrogen-bond donors (Lipinski definition) is 2. The summed E-state index contributed by atoms with van der Waals surface area (Å²) in [5, 5.41) is 6.90. The first kappa shape index (κ1) is 23.9. The Bertz CT molecular complexity index is 778. The number of thiophene rings is 1. The Balaban J connectivity index is 0.00000300. The van der Waals surface area contributed by atoms with Gasteiger partial charge in [0, 0.05) is 43.0 Å². The number of methoxy groups -OCH3 is 1. The highest BCUT2D eigenvalue weighted by Gasteiger charge is 2.24. The van der Waals surface area contributed by atoms with Gasteiger partial charge in [0.2, 0.25) is 0 Å². The van der Waals surface area contributed by atoms with E-state index in [4.69, 9.17) is 9.47 Å². The number of nitrogens with zero attached hydrogens (tertiary/aromatic N) is 2. The van der Waals surface area contributed by atoms with E-state index in [1.165, 1.54) is 9.75 Å². The van der Waals surface area contributed by atoms with Gasteiger partial charge in [0.1, 0.15) is 5.75 Å². The molecule has 2 N–H and O–H groups in total. The molecule has 1 saturated heterocycles. The minimum atomic E-state index is 0. The van der Waals surface area contributed by atoms with Gasteiger partial charge >= 0.3 is 0 Å². The van der Waals surface area contributed by atoms with Gasteiger partial charge in [-0.1, -0.05) is 12.1 Å². The molecule has 1 atom stereocenters. The van der Waals surface area contributed by atoms with Gasteiger partial charge in [-0.15, -0.1) is 35.3 Å². The highest BCUT2D eigenvalue weighted by Crippen LogP contribution is 2.27. The normalized spacial score (nSPS) is 16.0. The summed E-state index contributed by atoms with van der Waals surface area (Å²) in [4.78, 5) is 9.61. The summed E-state index contributed by atoms with van der Waals surface area (Å²) in [6.45, 7) is 7.16. The van der Waals surface area contributed by atoms with Crippen LogP contribution in [0.1, 0.15) is 21.4 Å². The maximum Gasteiger partial charge on any atom is 0.191 e. The van der Waals surface area contributed by atoms with Crippen LogP contribution in [0, 0.1) is 6.92 Å². The molecule has 2 heterocycles. The second kappa shape index (κ2) is 12.4. The van der Waals surface area contributed by atoms with Crippen molar-refractivity contribution in [2.75, 3.05) is 47.0 Å². The third kappa shape index (κ3) is 7.13. The van der Waals surface area contributed by atoms with Crippen LogP contribution in [-0.2, 0) is 11.3 Å². The zero-order valence-corrected chi connectivity index (χ0v) is 20.5. The van der Waals surface area contributed by atoms with Crippen molar-refractivity contribution in [1.29, 1.82) is 0 Å². The molecule has 6 nitrogen and oxygen atoms in total. The van der Waals surface area contributed by atoms with Crippen molar-refractivity contribution in [3.63, 3.8) is 0 Å². The van der Waals surface area contributed by atoms with Gasteiger partial charge in [0.15, 0.2) is 5.96 Å². The lowest BCUT2D eigenvalue weighted by Crippen LogP contribution is -2.46. The largest absolute Gasteiger partial charge is 0.497 e. The highest BCUT2D eigenvalue weighted by molar-refractivity contribution is 14.0. The fourth-order valence-corrected chi connectivity index (χ4v) is 4.33. The van der Waals surface area contributed by atoms with Crippen LogP contribution < -0.4 is 15.4 Å². The van der Waals surface area contributed by atoms with Crippen LogP contribution in [0.5, 0.6) is 5.75 Å². The van der Waals surface area contributed by atoms with Gasteiger partial charge in [-0.3, -0.25) is 9.89 Å². The van der Waals surface area contributed by atoms with E-state index in [2.05, 4.69) is 45.6 Å². The van der Waals surface area contributed by atoms with Crippen molar-refractivity contribution >= 4 is 41.3 Å². The zero-order valence-electron chi connectivity index (χ0n) is 17.3. The molecular formula is C21H31IN4O2S. The van der Waals surface area contributed by atoms with Gasteiger partial charge < -0.3 is 20.1 Å². The zero-order chi connectivity index (χ0) is 19.8. The summed E-state index contributed by atoms with van der Waals surface area (Å²) in [6.07, 6.45) is 0. The van der Waals surface area contributed by atoms with Crippen LogP contribution in [-0.4, -0.2) is 57.9 Å². The van der Waals surface area contributed by atoms with Gasteiger partial charge in [-0.05, 0) is 36.8 Å². The molecule has 1 aromatic heterocycles. The molecule has 3 rings (SSSR count). The summed E-state index contributed by atoms with van der Waals surface area (Å²) >= 11 is 1.87. The Labute approximate surface area is 194 Å². The molecule has 0 amide bonds. The van der Waals surface area contributed by atoms with Crippen LogP contribution in [0.15, 0.2) is 41.4 Å². The summed E-state index contributed by atoms with van der Waals surface area (Å²) < 4.78 is 10.8. The van der Waals surface area contributed by atoms with E-state index in [0.29, 0.717) is 12.6 Å². The van der Waals surface area contributed by atoms with E-state index >= 15 is 0 Å². The fraction of sp³-hybridized carbons (Fsp3) is 0.476. The first-order valence-corrected chi connectivity index (χ1v) is 10.5. The number of guanidine groups is 1. The molecule has 1 aliphatic rings. The number of hydrogen-bond acceptors (Lipinski definition) is 5. The highest BCUT2D eigenvalue weighted by atomic mass is 127. The fourth-order valence-electron chi connectivity index (χ4n) is 3.31. The first-order valence-electron chi connectivity index (χ1n) is 9.65. The van der Waals surface area contributed by atoms with Gasteiger partial charge in [-0.2, -0.15) is 0 Å².